The van der Waals surface area contributed by atoms with Gasteiger partial charge in [-0.15, -0.1) is 6.58 Å². The third kappa shape index (κ3) is 5.26. The lowest BCUT2D eigenvalue weighted by Gasteiger charge is -2.40. The Hall–Kier alpha value is -1.81. The van der Waals surface area contributed by atoms with Crippen LogP contribution in [0, 0.1) is 10.1 Å². The maximum absolute atomic E-state index is 13.4. The van der Waals surface area contributed by atoms with Crippen molar-refractivity contribution >= 4 is 24.0 Å². The summed E-state index contributed by atoms with van der Waals surface area (Å²) in [5.74, 6) is 0. The summed E-state index contributed by atoms with van der Waals surface area (Å²) in [7, 11) is -6.13. The maximum atomic E-state index is 13.4. The van der Waals surface area contributed by atoms with Crippen molar-refractivity contribution in [2.24, 2.45) is 0 Å². The minimum Gasteiger partial charge on any atom is -0.410 e. The van der Waals surface area contributed by atoms with Crippen molar-refractivity contribution in [2.45, 2.75) is 68.8 Å². The van der Waals surface area contributed by atoms with E-state index in [-0.39, 0.29) is 22.6 Å². The molecule has 0 saturated heterocycles. The number of rotatable bonds is 8. The highest BCUT2D eigenvalue weighted by Gasteiger charge is 2.41. The van der Waals surface area contributed by atoms with Crippen LogP contribution in [0.4, 0.5) is 5.69 Å². The third-order valence-corrected chi connectivity index (χ3v) is 12.4. The number of nitro groups is 1. The van der Waals surface area contributed by atoms with Crippen LogP contribution in [0.15, 0.2) is 54.0 Å². The van der Waals surface area contributed by atoms with E-state index >= 15 is 0 Å². The molecule has 0 bridgehead atoms. The van der Waals surface area contributed by atoms with E-state index in [1.165, 1.54) is 28.6 Å². The van der Waals surface area contributed by atoms with Gasteiger partial charge in [-0.3, -0.25) is 10.1 Å². The summed E-state index contributed by atoms with van der Waals surface area (Å²) in [4.78, 5) is 10.4. The zero-order chi connectivity index (χ0) is 22.7. The second-order valence-corrected chi connectivity index (χ2v) is 15.6. The molecule has 1 aliphatic rings. The Labute approximate surface area is 180 Å². The molecule has 9 heteroatoms. The first-order valence-electron chi connectivity index (χ1n) is 10.0. The summed E-state index contributed by atoms with van der Waals surface area (Å²) in [5.41, 5.74) is -0.413. The highest BCUT2D eigenvalue weighted by molar-refractivity contribution is 7.89. The predicted octanol–water partition coefficient (Wildman–Crippen LogP) is 4.88. The summed E-state index contributed by atoms with van der Waals surface area (Å²) in [6.45, 7) is 14.9. The first kappa shape index (κ1) is 24.5. The number of para-hydroxylation sites is 1. The highest BCUT2D eigenvalue weighted by atomic mass is 32.2. The number of hydrogen-bond acceptors (Lipinski definition) is 5. The molecular weight excluding hydrogens is 420 g/mol. The monoisotopic (exact) mass is 452 g/mol. The van der Waals surface area contributed by atoms with Crippen LogP contribution < -0.4 is 0 Å². The highest BCUT2D eigenvalue weighted by Crippen LogP contribution is 2.38. The van der Waals surface area contributed by atoms with Crippen LogP contribution in [0.1, 0.15) is 33.6 Å². The smallest absolute Gasteiger partial charge is 0.289 e. The number of nitrogens with zero attached hydrogens (tertiary/aromatic N) is 2. The van der Waals surface area contributed by atoms with Crippen LogP contribution in [0.5, 0.6) is 0 Å². The van der Waals surface area contributed by atoms with Crippen LogP contribution in [0.2, 0.25) is 18.1 Å². The van der Waals surface area contributed by atoms with Crippen LogP contribution in [-0.2, 0) is 14.4 Å². The molecule has 30 heavy (non-hydrogen) atoms. The number of nitro benzene ring substituents is 1. The van der Waals surface area contributed by atoms with Crippen molar-refractivity contribution in [1.29, 1.82) is 0 Å². The van der Waals surface area contributed by atoms with Crippen molar-refractivity contribution in [3.63, 3.8) is 0 Å². The van der Waals surface area contributed by atoms with Gasteiger partial charge in [0.15, 0.2) is 13.2 Å². The minimum absolute atomic E-state index is 0.00702. The Morgan fingerprint density at radius 2 is 2.00 bits per heavy atom. The Morgan fingerprint density at radius 3 is 2.57 bits per heavy atom. The molecule has 0 aromatic heterocycles. The first-order chi connectivity index (χ1) is 13.8. The summed E-state index contributed by atoms with van der Waals surface area (Å²) in [6, 6.07) is 5.01. The molecular formula is C21H32N2O5SSi. The van der Waals surface area contributed by atoms with Gasteiger partial charge < -0.3 is 4.43 Å². The van der Waals surface area contributed by atoms with Crippen LogP contribution in [0.25, 0.3) is 0 Å². The van der Waals surface area contributed by atoms with Crippen molar-refractivity contribution in [3.8, 4) is 0 Å². The fraction of sp³-hybridized carbons (Fsp3) is 0.524. The second-order valence-electron chi connectivity index (χ2n) is 9.01. The van der Waals surface area contributed by atoms with E-state index in [0.717, 1.165) is 0 Å². The van der Waals surface area contributed by atoms with Gasteiger partial charge in [0.05, 0.1) is 11.0 Å². The molecule has 0 radical (unpaired) electrons. The molecule has 1 heterocycles. The summed E-state index contributed by atoms with van der Waals surface area (Å²) < 4.78 is 34.5. The topological polar surface area (TPSA) is 89.8 Å². The molecule has 0 amide bonds. The lowest BCUT2D eigenvalue weighted by molar-refractivity contribution is -0.387. The van der Waals surface area contributed by atoms with Gasteiger partial charge in [0.2, 0.25) is 10.0 Å². The molecule has 2 rings (SSSR count). The van der Waals surface area contributed by atoms with E-state index in [9.17, 15) is 18.5 Å². The molecule has 0 fully saturated rings. The molecule has 7 nitrogen and oxygen atoms in total. The fourth-order valence-corrected chi connectivity index (χ4v) is 6.22. The number of benzene rings is 1. The molecule has 0 N–H and O–H groups in total. The Morgan fingerprint density at radius 1 is 1.37 bits per heavy atom. The molecule has 0 aliphatic carbocycles. The zero-order valence-corrected chi connectivity index (χ0v) is 20.2. The Kier molecular flexibility index (Phi) is 7.44. The van der Waals surface area contributed by atoms with Gasteiger partial charge in [-0.1, -0.05) is 51.1 Å². The van der Waals surface area contributed by atoms with E-state index in [1.807, 2.05) is 12.2 Å². The van der Waals surface area contributed by atoms with Gasteiger partial charge in [0.25, 0.3) is 5.69 Å². The van der Waals surface area contributed by atoms with Crippen molar-refractivity contribution < 1.29 is 17.8 Å². The number of hydrogen-bond donors (Lipinski definition) is 0. The van der Waals surface area contributed by atoms with E-state index in [1.54, 1.807) is 6.08 Å². The lowest BCUT2D eigenvalue weighted by Crippen LogP contribution is -2.47. The minimum atomic E-state index is -4.05. The van der Waals surface area contributed by atoms with Crippen molar-refractivity contribution in [2.75, 3.05) is 6.54 Å². The zero-order valence-electron chi connectivity index (χ0n) is 18.4. The Bertz CT molecular complexity index is 922. The van der Waals surface area contributed by atoms with E-state index in [0.29, 0.717) is 12.8 Å². The average molecular weight is 453 g/mol. The fourth-order valence-electron chi connectivity index (χ4n) is 3.15. The second kappa shape index (κ2) is 9.13. The Balaban J connectivity index is 2.34. The van der Waals surface area contributed by atoms with E-state index < -0.39 is 35.0 Å². The lowest BCUT2D eigenvalue weighted by atomic mass is 10.1. The summed E-state index contributed by atoms with van der Waals surface area (Å²) in [5, 5.41) is 11.4. The van der Waals surface area contributed by atoms with E-state index in [2.05, 4.69) is 40.4 Å². The maximum Gasteiger partial charge on any atom is 0.289 e. The molecule has 0 saturated carbocycles. The van der Waals surface area contributed by atoms with E-state index in [4.69, 9.17) is 4.43 Å². The molecule has 0 spiro atoms. The summed E-state index contributed by atoms with van der Waals surface area (Å²) >= 11 is 0. The molecule has 1 aromatic carbocycles. The largest absolute Gasteiger partial charge is 0.410 e. The van der Waals surface area contributed by atoms with Crippen molar-refractivity contribution in [1.82, 2.24) is 4.31 Å². The molecule has 1 aromatic rings. The summed E-state index contributed by atoms with van der Waals surface area (Å²) in [6.07, 6.45) is 6.16. The van der Waals surface area contributed by atoms with Gasteiger partial charge in [-0.25, -0.2) is 8.42 Å². The molecule has 0 unspecified atom stereocenters. The average Bonchev–Trinajstić information content (AvgIpc) is 2.66. The SMILES string of the molecule is C=C[C@H](C[C@@H]1C=CCCN1S(=O)(=O)c1ccccc1[N+](=O)[O-])O[Si](C)(C)C(C)(C)C. The number of sulfonamides is 1. The van der Waals surface area contributed by atoms with Gasteiger partial charge in [0.1, 0.15) is 0 Å². The van der Waals surface area contributed by atoms with Crippen molar-refractivity contribution in [3.05, 3.63) is 59.2 Å². The van der Waals surface area contributed by atoms with Gasteiger partial charge >= 0.3 is 0 Å². The normalized spacial score (nSPS) is 19.4. The van der Waals surface area contributed by atoms with Gasteiger partial charge in [-0.2, -0.15) is 4.31 Å². The molecule has 166 valence electrons. The molecule has 1 aliphatic heterocycles. The third-order valence-electron chi connectivity index (χ3n) is 5.88. The predicted molar refractivity (Wildman–Crippen MR) is 121 cm³/mol. The molecule has 2 atom stereocenters. The van der Waals surface area contributed by atoms with Crippen LogP contribution >= 0.6 is 0 Å². The standard InChI is InChI=1S/C21H32N2O5SSi/c1-7-18(28-30(5,6)21(2,3)4)16-17-12-10-11-15-22(17)29(26,27)20-14-9-8-13-19(20)23(24)25/h7-10,12-14,17-18H,1,11,15-16H2,2-6H3/t17-,18+/m0/s1. The van der Waals surface area contributed by atoms with Gasteiger partial charge in [0, 0.05) is 18.7 Å². The van der Waals surface area contributed by atoms with Gasteiger partial charge in [-0.05, 0) is 37.0 Å². The quantitative estimate of drug-likeness (QED) is 0.243. The van der Waals surface area contributed by atoms with Crippen LogP contribution in [0.3, 0.4) is 0 Å². The first-order valence-corrected chi connectivity index (χ1v) is 14.4. The van der Waals surface area contributed by atoms with Crippen LogP contribution in [-0.4, -0.2) is 44.7 Å².